The van der Waals surface area contributed by atoms with E-state index in [9.17, 15) is 0 Å². The van der Waals surface area contributed by atoms with E-state index in [4.69, 9.17) is 15.5 Å². The maximum atomic E-state index is 5.87. The van der Waals surface area contributed by atoms with E-state index >= 15 is 0 Å². The van der Waals surface area contributed by atoms with Gasteiger partial charge >= 0.3 is 0 Å². The number of nitrogens with two attached hydrogens (primary N) is 1. The Hall–Kier alpha value is -0.450. The molecule has 0 bridgehead atoms. The summed E-state index contributed by atoms with van der Waals surface area (Å²) in [7, 11) is 0. The van der Waals surface area contributed by atoms with Crippen LogP contribution in [0.1, 0.15) is 63.6 Å². The summed E-state index contributed by atoms with van der Waals surface area (Å²) in [6, 6.07) is 0. The minimum absolute atomic E-state index is 0.247. The molecule has 1 heterocycles. The summed E-state index contributed by atoms with van der Waals surface area (Å²) in [5.74, 6) is 0.391. The van der Waals surface area contributed by atoms with Crippen molar-refractivity contribution < 1.29 is 4.74 Å². The van der Waals surface area contributed by atoms with Gasteiger partial charge in [0.2, 0.25) is 0 Å². The van der Waals surface area contributed by atoms with Crippen LogP contribution in [0.3, 0.4) is 0 Å². The first kappa shape index (κ1) is 15.6. The van der Waals surface area contributed by atoms with Crippen LogP contribution >= 0.6 is 11.3 Å². The minimum atomic E-state index is -0.247. The van der Waals surface area contributed by atoms with Gasteiger partial charge in [0.25, 0.3) is 0 Å². The summed E-state index contributed by atoms with van der Waals surface area (Å²) >= 11 is 1.70. The highest BCUT2D eigenvalue weighted by atomic mass is 32.1. The van der Waals surface area contributed by atoms with E-state index in [1.807, 2.05) is 6.92 Å². The molecular formula is C14H26N2OS. The molecule has 0 fully saturated rings. The second-order valence-electron chi connectivity index (χ2n) is 4.82. The van der Waals surface area contributed by atoms with Crippen LogP contribution < -0.4 is 5.73 Å². The maximum Gasteiger partial charge on any atom is 0.125 e. The van der Waals surface area contributed by atoms with Crippen molar-refractivity contribution in [2.75, 3.05) is 13.2 Å². The maximum absolute atomic E-state index is 5.87. The molecule has 0 saturated heterocycles. The Morgan fingerprint density at radius 1 is 1.44 bits per heavy atom. The Bertz CT molecular complexity index is 353. The molecule has 0 amide bonds. The highest BCUT2D eigenvalue weighted by Gasteiger charge is 2.29. The van der Waals surface area contributed by atoms with Gasteiger partial charge in [0.1, 0.15) is 10.6 Å². The van der Waals surface area contributed by atoms with Crippen molar-refractivity contribution >= 4 is 11.3 Å². The molecule has 0 aliphatic rings. The van der Waals surface area contributed by atoms with E-state index in [1.54, 1.807) is 11.3 Å². The summed E-state index contributed by atoms with van der Waals surface area (Å²) < 4.78 is 5.87. The molecule has 18 heavy (non-hydrogen) atoms. The molecule has 3 nitrogen and oxygen atoms in total. The molecule has 0 radical (unpaired) electrons. The van der Waals surface area contributed by atoms with Gasteiger partial charge in [0.05, 0.1) is 5.69 Å². The lowest BCUT2D eigenvalue weighted by molar-refractivity contribution is -0.0325. The van der Waals surface area contributed by atoms with Crippen LogP contribution in [0.15, 0.2) is 5.38 Å². The fraction of sp³-hybridized carbons (Fsp3) is 0.786. The third kappa shape index (κ3) is 3.53. The smallest absolute Gasteiger partial charge is 0.125 e. The fourth-order valence-corrected chi connectivity index (χ4v) is 3.17. The van der Waals surface area contributed by atoms with E-state index < -0.39 is 0 Å². The van der Waals surface area contributed by atoms with Crippen LogP contribution in [-0.2, 0) is 10.3 Å². The molecule has 0 aliphatic heterocycles. The minimum Gasteiger partial charge on any atom is -0.368 e. The van der Waals surface area contributed by atoms with Crippen LogP contribution in [0.5, 0.6) is 0 Å². The predicted molar refractivity (Wildman–Crippen MR) is 78.1 cm³/mol. The Kier molecular flexibility index (Phi) is 6.26. The number of ether oxygens (including phenoxy) is 1. The van der Waals surface area contributed by atoms with Crippen molar-refractivity contribution in [2.45, 2.75) is 58.5 Å². The van der Waals surface area contributed by atoms with E-state index in [2.05, 4.69) is 26.2 Å². The van der Waals surface area contributed by atoms with Crippen molar-refractivity contribution in [1.29, 1.82) is 0 Å². The fourth-order valence-electron chi connectivity index (χ4n) is 2.09. The van der Waals surface area contributed by atoms with Crippen LogP contribution in [-0.4, -0.2) is 18.1 Å². The van der Waals surface area contributed by atoms with Crippen LogP contribution in [0.2, 0.25) is 0 Å². The molecule has 2 unspecified atom stereocenters. The first-order valence-corrected chi connectivity index (χ1v) is 7.79. The number of hydrogen-bond acceptors (Lipinski definition) is 4. The summed E-state index contributed by atoms with van der Waals surface area (Å²) in [6.45, 7) is 9.87. The van der Waals surface area contributed by atoms with Crippen LogP contribution in [0.25, 0.3) is 0 Å². The molecule has 1 aromatic heterocycles. The molecule has 0 saturated carbocycles. The molecule has 0 aromatic carbocycles. The number of hydrogen-bond donors (Lipinski definition) is 1. The van der Waals surface area contributed by atoms with Gasteiger partial charge in [-0.2, -0.15) is 0 Å². The SMILES string of the molecule is CCCC(CN)c1csc(C(C)(CC)OCC)n1. The van der Waals surface area contributed by atoms with E-state index in [0.717, 1.165) is 30.0 Å². The van der Waals surface area contributed by atoms with Gasteiger partial charge in [-0.25, -0.2) is 4.98 Å². The third-order valence-corrected chi connectivity index (χ3v) is 4.56. The molecule has 2 N–H and O–H groups in total. The average Bonchev–Trinajstić information content (AvgIpc) is 2.86. The highest BCUT2D eigenvalue weighted by molar-refractivity contribution is 7.09. The second-order valence-corrected chi connectivity index (χ2v) is 5.67. The van der Waals surface area contributed by atoms with Gasteiger partial charge in [-0.1, -0.05) is 20.3 Å². The van der Waals surface area contributed by atoms with Crippen molar-refractivity contribution in [2.24, 2.45) is 5.73 Å². The van der Waals surface area contributed by atoms with E-state index in [1.165, 1.54) is 0 Å². The largest absolute Gasteiger partial charge is 0.368 e. The van der Waals surface area contributed by atoms with Crippen LogP contribution in [0, 0.1) is 0 Å². The third-order valence-electron chi connectivity index (χ3n) is 3.45. The molecule has 4 heteroatoms. The summed E-state index contributed by atoms with van der Waals surface area (Å²) in [5, 5.41) is 3.23. The van der Waals surface area contributed by atoms with Gasteiger partial charge in [-0.05, 0) is 26.7 Å². The zero-order chi connectivity index (χ0) is 13.6. The zero-order valence-corrected chi connectivity index (χ0v) is 12.8. The first-order chi connectivity index (χ1) is 8.61. The molecular weight excluding hydrogens is 244 g/mol. The number of rotatable bonds is 8. The van der Waals surface area contributed by atoms with Crippen molar-refractivity contribution in [1.82, 2.24) is 4.98 Å². The highest BCUT2D eigenvalue weighted by Crippen LogP contribution is 2.33. The zero-order valence-electron chi connectivity index (χ0n) is 12.0. The van der Waals surface area contributed by atoms with Gasteiger partial charge in [0, 0.05) is 24.4 Å². The summed E-state index contributed by atoms with van der Waals surface area (Å²) in [4.78, 5) is 4.78. The lowest BCUT2D eigenvalue weighted by Crippen LogP contribution is -2.25. The van der Waals surface area contributed by atoms with Gasteiger partial charge in [-0.3, -0.25) is 0 Å². The Balaban J connectivity index is 2.89. The molecule has 0 aliphatic carbocycles. The Labute approximate surface area is 115 Å². The van der Waals surface area contributed by atoms with Gasteiger partial charge in [0.15, 0.2) is 0 Å². The van der Waals surface area contributed by atoms with Crippen molar-refractivity contribution in [3.05, 3.63) is 16.1 Å². The number of nitrogens with zero attached hydrogens (tertiary/aromatic N) is 1. The monoisotopic (exact) mass is 270 g/mol. The van der Waals surface area contributed by atoms with E-state index in [-0.39, 0.29) is 5.60 Å². The standard InChI is InChI=1S/C14H26N2OS/c1-5-8-11(9-15)12-10-18-13(16-12)14(4,6-2)17-7-3/h10-11H,5-9,15H2,1-4H3. The normalized spacial score (nSPS) is 16.5. The Morgan fingerprint density at radius 3 is 2.67 bits per heavy atom. The van der Waals surface area contributed by atoms with Gasteiger partial charge < -0.3 is 10.5 Å². The molecule has 2 atom stereocenters. The van der Waals surface area contributed by atoms with Gasteiger partial charge in [-0.15, -0.1) is 11.3 Å². The molecule has 1 rings (SSSR count). The number of thiazole rings is 1. The lowest BCUT2D eigenvalue weighted by atomic mass is 10.0. The van der Waals surface area contributed by atoms with Crippen LogP contribution in [0.4, 0.5) is 0 Å². The predicted octanol–water partition coefficient (Wildman–Crippen LogP) is 3.65. The average molecular weight is 270 g/mol. The quantitative estimate of drug-likeness (QED) is 0.784. The molecule has 104 valence electrons. The topological polar surface area (TPSA) is 48.1 Å². The first-order valence-electron chi connectivity index (χ1n) is 6.91. The summed E-state index contributed by atoms with van der Waals surface area (Å²) in [5.41, 5.74) is 6.72. The van der Waals surface area contributed by atoms with E-state index in [0.29, 0.717) is 19.1 Å². The number of aromatic nitrogens is 1. The van der Waals surface area contributed by atoms with Crippen molar-refractivity contribution in [3.63, 3.8) is 0 Å². The molecule has 1 aromatic rings. The van der Waals surface area contributed by atoms with Crippen molar-refractivity contribution in [3.8, 4) is 0 Å². The lowest BCUT2D eigenvalue weighted by Gasteiger charge is -2.25. The second kappa shape index (κ2) is 7.22. The summed E-state index contributed by atoms with van der Waals surface area (Å²) in [6.07, 6.45) is 3.19. The Morgan fingerprint density at radius 2 is 2.17 bits per heavy atom. The molecule has 0 spiro atoms.